The van der Waals surface area contributed by atoms with E-state index >= 15 is 0 Å². The van der Waals surface area contributed by atoms with Crippen molar-refractivity contribution in [1.29, 1.82) is 0 Å². The van der Waals surface area contributed by atoms with Gasteiger partial charge in [0.2, 0.25) is 11.7 Å². The van der Waals surface area contributed by atoms with Crippen LogP contribution in [0.15, 0.2) is 33.2 Å². The zero-order valence-electron chi connectivity index (χ0n) is 13.5. The number of aryl methyl sites for hydroxylation is 1. The third-order valence-electron chi connectivity index (χ3n) is 3.65. The predicted molar refractivity (Wildman–Crippen MR) is 90.1 cm³/mol. The molecule has 0 spiro atoms. The van der Waals surface area contributed by atoms with E-state index in [0.29, 0.717) is 22.7 Å². The molecular formula is C17H15BrN2O5. The van der Waals surface area contributed by atoms with Crippen LogP contribution < -0.4 is 0 Å². The van der Waals surface area contributed by atoms with Crippen LogP contribution in [0.4, 0.5) is 0 Å². The third-order valence-corrected chi connectivity index (χ3v) is 4.35. The molecule has 0 atom stereocenters. The Morgan fingerprint density at radius 1 is 1.28 bits per heavy atom. The Labute approximate surface area is 152 Å². The summed E-state index contributed by atoms with van der Waals surface area (Å²) in [5.41, 5.74) is 1.12. The summed E-state index contributed by atoms with van der Waals surface area (Å²) in [7, 11) is 0. The molecule has 0 unspecified atom stereocenters. The lowest BCUT2D eigenvalue weighted by Gasteiger charge is -2.11. The SMILES string of the molecule is CCCc1nc(-c2ccccc2Br)oc1C(=O)ON1C(=O)CCC1=O. The van der Waals surface area contributed by atoms with Gasteiger partial charge in [-0.3, -0.25) is 9.59 Å². The quantitative estimate of drug-likeness (QED) is 0.707. The van der Waals surface area contributed by atoms with E-state index in [1.165, 1.54) is 0 Å². The van der Waals surface area contributed by atoms with E-state index in [9.17, 15) is 14.4 Å². The maximum Gasteiger partial charge on any atom is 0.401 e. The van der Waals surface area contributed by atoms with E-state index in [0.717, 1.165) is 10.9 Å². The lowest BCUT2D eigenvalue weighted by atomic mass is 10.2. The summed E-state index contributed by atoms with van der Waals surface area (Å²) < 4.78 is 6.38. The van der Waals surface area contributed by atoms with Gasteiger partial charge < -0.3 is 9.25 Å². The molecule has 1 saturated heterocycles. The first-order valence-electron chi connectivity index (χ1n) is 7.84. The number of hydrogen-bond donors (Lipinski definition) is 0. The molecule has 0 radical (unpaired) electrons. The van der Waals surface area contributed by atoms with Crippen LogP contribution >= 0.6 is 15.9 Å². The smallest absolute Gasteiger partial charge is 0.401 e. The van der Waals surface area contributed by atoms with Crippen molar-refractivity contribution in [3.63, 3.8) is 0 Å². The van der Waals surface area contributed by atoms with Gasteiger partial charge in [-0.1, -0.05) is 25.5 Å². The molecule has 3 rings (SSSR count). The number of hydroxylamine groups is 2. The van der Waals surface area contributed by atoms with E-state index in [-0.39, 0.29) is 24.5 Å². The average Bonchev–Trinajstić information content (AvgIpc) is 3.14. The number of halogens is 1. The predicted octanol–water partition coefficient (Wildman–Crippen LogP) is 3.28. The van der Waals surface area contributed by atoms with Crippen LogP contribution in [0.25, 0.3) is 11.5 Å². The molecule has 1 aliphatic heterocycles. The van der Waals surface area contributed by atoms with Crippen molar-refractivity contribution in [2.75, 3.05) is 0 Å². The number of nitrogens with zero attached hydrogens (tertiary/aromatic N) is 2. The summed E-state index contributed by atoms with van der Waals surface area (Å²) in [6.45, 7) is 1.94. The Hall–Kier alpha value is -2.48. The minimum Gasteiger partial charge on any atom is -0.429 e. The van der Waals surface area contributed by atoms with E-state index in [4.69, 9.17) is 9.25 Å². The second kappa shape index (κ2) is 7.18. The van der Waals surface area contributed by atoms with Gasteiger partial charge >= 0.3 is 5.97 Å². The van der Waals surface area contributed by atoms with Gasteiger partial charge in [0.1, 0.15) is 0 Å². The average molecular weight is 407 g/mol. The molecule has 7 nitrogen and oxygen atoms in total. The highest BCUT2D eigenvalue weighted by Gasteiger charge is 2.35. The van der Waals surface area contributed by atoms with Crippen LogP contribution in [0.3, 0.4) is 0 Å². The number of carbonyl (C=O) groups is 3. The molecule has 1 aliphatic rings. The molecule has 2 amide bonds. The number of benzene rings is 1. The fraction of sp³-hybridized carbons (Fsp3) is 0.294. The van der Waals surface area contributed by atoms with Crippen molar-refractivity contribution in [2.24, 2.45) is 0 Å². The van der Waals surface area contributed by atoms with E-state index in [1.807, 2.05) is 25.1 Å². The second-order valence-corrected chi connectivity index (χ2v) is 6.34. The normalized spacial score (nSPS) is 14.2. The molecule has 0 N–H and O–H groups in total. The van der Waals surface area contributed by atoms with Crippen molar-refractivity contribution in [1.82, 2.24) is 10.0 Å². The van der Waals surface area contributed by atoms with Gasteiger partial charge in [0.15, 0.2) is 0 Å². The Bertz CT molecular complexity index is 829. The summed E-state index contributed by atoms with van der Waals surface area (Å²) in [5.74, 6) is -1.82. The zero-order valence-corrected chi connectivity index (χ0v) is 15.0. The lowest BCUT2D eigenvalue weighted by Crippen LogP contribution is -2.32. The maximum atomic E-state index is 12.4. The van der Waals surface area contributed by atoms with Crippen LogP contribution in [-0.2, 0) is 20.8 Å². The Kier molecular flexibility index (Phi) is 4.98. The standard InChI is InChI=1S/C17H15BrN2O5/c1-2-5-12-15(17(23)25-20-13(21)8-9-14(20)22)24-16(19-12)10-6-3-4-7-11(10)18/h3-4,6-7H,2,5,8-9H2,1H3. The molecule has 0 bridgehead atoms. The molecule has 0 aliphatic carbocycles. The van der Waals surface area contributed by atoms with E-state index < -0.39 is 17.8 Å². The van der Waals surface area contributed by atoms with E-state index in [1.54, 1.807) is 6.07 Å². The van der Waals surface area contributed by atoms with Crippen molar-refractivity contribution in [3.05, 3.63) is 40.2 Å². The van der Waals surface area contributed by atoms with Crippen molar-refractivity contribution in [3.8, 4) is 11.5 Å². The van der Waals surface area contributed by atoms with Gasteiger partial charge in [-0.25, -0.2) is 9.78 Å². The zero-order chi connectivity index (χ0) is 18.0. The molecule has 1 aromatic carbocycles. The minimum absolute atomic E-state index is 0.0343. The fourth-order valence-electron chi connectivity index (χ4n) is 2.45. The highest BCUT2D eigenvalue weighted by Crippen LogP contribution is 2.30. The topological polar surface area (TPSA) is 89.7 Å². The van der Waals surface area contributed by atoms with Gasteiger partial charge in [-0.15, -0.1) is 5.06 Å². The van der Waals surface area contributed by atoms with Crippen molar-refractivity contribution >= 4 is 33.7 Å². The maximum absolute atomic E-state index is 12.4. The van der Waals surface area contributed by atoms with Crippen LogP contribution in [0.2, 0.25) is 0 Å². The molecule has 130 valence electrons. The number of rotatable bonds is 5. The number of hydrogen-bond acceptors (Lipinski definition) is 6. The summed E-state index contributed by atoms with van der Waals surface area (Å²) in [4.78, 5) is 44.9. The molecule has 8 heteroatoms. The number of carbonyl (C=O) groups excluding carboxylic acids is 3. The molecule has 25 heavy (non-hydrogen) atoms. The van der Waals surface area contributed by atoms with Crippen LogP contribution in [0.5, 0.6) is 0 Å². The molecule has 2 aromatic rings. The highest BCUT2D eigenvalue weighted by molar-refractivity contribution is 9.10. The van der Waals surface area contributed by atoms with Gasteiger partial charge in [0.05, 0.1) is 11.3 Å². The Morgan fingerprint density at radius 3 is 2.60 bits per heavy atom. The van der Waals surface area contributed by atoms with Gasteiger partial charge in [-0.2, -0.15) is 0 Å². The first kappa shape index (κ1) is 17.3. The minimum atomic E-state index is -0.905. The number of aromatic nitrogens is 1. The van der Waals surface area contributed by atoms with Crippen molar-refractivity contribution < 1.29 is 23.6 Å². The molecule has 1 aromatic heterocycles. The van der Waals surface area contributed by atoms with Crippen LogP contribution in [0.1, 0.15) is 42.4 Å². The summed E-state index contributed by atoms with van der Waals surface area (Å²) in [6.07, 6.45) is 1.31. The van der Waals surface area contributed by atoms with Crippen LogP contribution in [0, 0.1) is 0 Å². The van der Waals surface area contributed by atoms with Gasteiger partial charge in [-0.05, 0) is 34.5 Å². The second-order valence-electron chi connectivity index (χ2n) is 5.49. The molecule has 2 heterocycles. The number of oxazole rings is 1. The lowest BCUT2D eigenvalue weighted by molar-refractivity contribution is -0.173. The van der Waals surface area contributed by atoms with Gasteiger partial charge in [0.25, 0.3) is 11.8 Å². The molecule has 1 fully saturated rings. The van der Waals surface area contributed by atoms with Crippen LogP contribution in [-0.4, -0.2) is 27.8 Å². The first-order valence-corrected chi connectivity index (χ1v) is 8.63. The summed E-state index contributed by atoms with van der Waals surface area (Å²) >= 11 is 3.42. The summed E-state index contributed by atoms with van der Waals surface area (Å²) in [6, 6.07) is 7.31. The fourth-order valence-corrected chi connectivity index (χ4v) is 2.90. The van der Waals surface area contributed by atoms with Gasteiger partial charge in [0, 0.05) is 17.3 Å². The molecule has 0 saturated carbocycles. The van der Waals surface area contributed by atoms with E-state index in [2.05, 4.69) is 20.9 Å². The highest BCUT2D eigenvalue weighted by atomic mass is 79.9. The molecular weight excluding hydrogens is 392 g/mol. The Morgan fingerprint density at radius 2 is 1.96 bits per heavy atom. The first-order chi connectivity index (χ1) is 12.0. The third kappa shape index (κ3) is 3.48. The largest absolute Gasteiger partial charge is 0.429 e. The monoisotopic (exact) mass is 406 g/mol. The summed E-state index contributed by atoms with van der Waals surface area (Å²) in [5, 5.41) is 0.499. The number of imide groups is 1. The van der Waals surface area contributed by atoms with Crippen molar-refractivity contribution in [2.45, 2.75) is 32.6 Å². The Balaban J connectivity index is 1.92. The number of amides is 2.